The maximum Gasteiger partial charge on any atom is 0.178 e. The fourth-order valence-corrected chi connectivity index (χ4v) is 2.30. The van der Waals surface area contributed by atoms with Crippen molar-refractivity contribution in [2.45, 2.75) is 24.8 Å². The van der Waals surface area contributed by atoms with Crippen LogP contribution in [0.25, 0.3) is 0 Å². The molecular formula is C12H19NO2S. The van der Waals surface area contributed by atoms with Gasteiger partial charge < -0.3 is 4.90 Å². The van der Waals surface area contributed by atoms with E-state index in [2.05, 4.69) is 11.8 Å². The molecular weight excluding hydrogens is 222 g/mol. The van der Waals surface area contributed by atoms with Crippen LogP contribution in [0.15, 0.2) is 29.2 Å². The minimum Gasteiger partial charge on any atom is -0.303 e. The Balaban J connectivity index is 3.01. The van der Waals surface area contributed by atoms with Crippen molar-refractivity contribution in [1.82, 2.24) is 4.90 Å². The van der Waals surface area contributed by atoms with Gasteiger partial charge in [0.2, 0.25) is 0 Å². The van der Waals surface area contributed by atoms with Crippen molar-refractivity contribution < 1.29 is 8.42 Å². The first-order chi connectivity index (χ1) is 7.38. The summed E-state index contributed by atoms with van der Waals surface area (Å²) in [5.74, 6) is 0.148. The lowest BCUT2D eigenvalue weighted by molar-refractivity contribution is 0.321. The van der Waals surface area contributed by atoms with Gasteiger partial charge in [-0.05, 0) is 38.7 Å². The Morgan fingerprint density at radius 3 is 2.06 bits per heavy atom. The molecule has 90 valence electrons. The van der Waals surface area contributed by atoms with Crippen molar-refractivity contribution >= 4 is 9.84 Å². The SMILES string of the molecule is CCS(=O)(=O)c1ccc(C(C)N(C)C)cc1. The summed E-state index contributed by atoms with van der Waals surface area (Å²) >= 11 is 0. The van der Waals surface area contributed by atoms with Gasteiger partial charge >= 0.3 is 0 Å². The van der Waals surface area contributed by atoms with Gasteiger partial charge in [0.15, 0.2) is 9.84 Å². The van der Waals surface area contributed by atoms with E-state index in [0.29, 0.717) is 10.9 Å². The van der Waals surface area contributed by atoms with E-state index in [1.54, 1.807) is 19.1 Å². The second-order valence-electron chi connectivity index (χ2n) is 4.11. The number of nitrogens with zero attached hydrogens (tertiary/aromatic N) is 1. The van der Waals surface area contributed by atoms with Crippen molar-refractivity contribution in [3.63, 3.8) is 0 Å². The summed E-state index contributed by atoms with van der Waals surface area (Å²) in [4.78, 5) is 2.49. The van der Waals surface area contributed by atoms with Crippen molar-refractivity contribution in [3.8, 4) is 0 Å². The summed E-state index contributed by atoms with van der Waals surface area (Å²) in [6, 6.07) is 7.43. The number of sulfone groups is 1. The highest BCUT2D eigenvalue weighted by atomic mass is 32.2. The largest absolute Gasteiger partial charge is 0.303 e. The molecule has 0 fully saturated rings. The van der Waals surface area contributed by atoms with Crippen molar-refractivity contribution in [3.05, 3.63) is 29.8 Å². The van der Waals surface area contributed by atoms with Crippen LogP contribution >= 0.6 is 0 Å². The first-order valence-corrected chi connectivity index (χ1v) is 7.03. The van der Waals surface area contributed by atoms with Crippen LogP contribution < -0.4 is 0 Å². The molecule has 0 saturated carbocycles. The lowest BCUT2D eigenvalue weighted by atomic mass is 10.1. The Bertz CT molecular complexity index is 435. The van der Waals surface area contributed by atoms with E-state index in [0.717, 1.165) is 5.56 Å². The van der Waals surface area contributed by atoms with Gasteiger partial charge in [0, 0.05) is 6.04 Å². The highest BCUT2D eigenvalue weighted by Crippen LogP contribution is 2.19. The molecule has 4 heteroatoms. The molecule has 16 heavy (non-hydrogen) atoms. The number of hydrogen-bond acceptors (Lipinski definition) is 3. The minimum atomic E-state index is -3.07. The predicted octanol–water partition coefficient (Wildman–Crippen LogP) is 2.10. The summed E-state index contributed by atoms with van der Waals surface area (Å²) in [6.07, 6.45) is 0. The third kappa shape index (κ3) is 2.83. The van der Waals surface area contributed by atoms with Gasteiger partial charge in [-0.15, -0.1) is 0 Å². The average Bonchev–Trinajstić information content (AvgIpc) is 2.28. The molecule has 0 aliphatic carbocycles. The van der Waals surface area contributed by atoms with Crippen molar-refractivity contribution in [2.24, 2.45) is 0 Å². The van der Waals surface area contributed by atoms with Crippen LogP contribution in [0.4, 0.5) is 0 Å². The first-order valence-electron chi connectivity index (χ1n) is 5.37. The summed E-state index contributed by atoms with van der Waals surface area (Å²) in [7, 11) is 0.928. The normalized spacial score (nSPS) is 14.1. The molecule has 0 N–H and O–H groups in total. The summed E-state index contributed by atoms with van der Waals surface area (Å²) in [5, 5.41) is 0. The van der Waals surface area contributed by atoms with E-state index in [1.807, 2.05) is 26.2 Å². The van der Waals surface area contributed by atoms with Crippen LogP contribution in [-0.2, 0) is 9.84 Å². The van der Waals surface area contributed by atoms with Crippen LogP contribution in [-0.4, -0.2) is 33.2 Å². The smallest absolute Gasteiger partial charge is 0.178 e. The van der Waals surface area contributed by atoms with Crippen LogP contribution in [0, 0.1) is 0 Å². The fraction of sp³-hybridized carbons (Fsp3) is 0.500. The van der Waals surface area contributed by atoms with Crippen molar-refractivity contribution in [1.29, 1.82) is 0 Å². The second-order valence-corrected chi connectivity index (χ2v) is 6.39. The lowest BCUT2D eigenvalue weighted by Crippen LogP contribution is -2.16. The number of benzene rings is 1. The summed E-state index contributed by atoms with van der Waals surface area (Å²) < 4.78 is 23.2. The Kier molecular flexibility index (Phi) is 4.10. The van der Waals surface area contributed by atoms with E-state index in [-0.39, 0.29) is 5.75 Å². The molecule has 0 heterocycles. The number of rotatable bonds is 4. The van der Waals surface area contributed by atoms with Crippen LogP contribution in [0.1, 0.15) is 25.5 Å². The monoisotopic (exact) mass is 241 g/mol. The maximum absolute atomic E-state index is 11.6. The molecule has 1 rings (SSSR count). The van der Waals surface area contributed by atoms with E-state index >= 15 is 0 Å². The zero-order chi connectivity index (χ0) is 12.3. The maximum atomic E-state index is 11.6. The van der Waals surface area contributed by atoms with Crippen molar-refractivity contribution in [2.75, 3.05) is 19.8 Å². The van der Waals surface area contributed by atoms with E-state index in [4.69, 9.17) is 0 Å². The quantitative estimate of drug-likeness (QED) is 0.810. The van der Waals surface area contributed by atoms with Gasteiger partial charge in [-0.25, -0.2) is 8.42 Å². The average molecular weight is 241 g/mol. The molecule has 0 saturated heterocycles. The molecule has 0 bridgehead atoms. The molecule has 1 aromatic carbocycles. The molecule has 0 aliphatic rings. The third-order valence-corrected chi connectivity index (χ3v) is 4.63. The van der Waals surface area contributed by atoms with Gasteiger partial charge in [0.05, 0.1) is 10.6 Å². The van der Waals surface area contributed by atoms with Crippen LogP contribution in [0.2, 0.25) is 0 Å². The number of hydrogen-bond donors (Lipinski definition) is 0. The Morgan fingerprint density at radius 2 is 1.69 bits per heavy atom. The zero-order valence-corrected chi connectivity index (χ0v) is 11.1. The Morgan fingerprint density at radius 1 is 1.19 bits per heavy atom. The van der Waals surface area contributed by atoms with Gasteiger partial charge in [0.25, 0.3) is 0 Å². The lowest BCUT2D eigenvalue weighted by Gasteiger charge is -2.20. The van der Waals surface area contributed by atoms with E-state index in [9.17, 15) is 8.42 Å². The fourth-order valence-electron chi connectivity index (χ4n) is 1.42. The highest BCUT2D eigenvalue weighted by molar-refractivity contribution is 7.91. The third-order valence-electron chi connectivity index (χ3n) is 2.88. The van der Waals surface area contributed by atoms with Crippen LogP contribution in [0.3, 0.4) is 0 Å². The summed E-state index contributed by atoms with van der Waals surface area (Å²) in [6.45, 7) is 3.75. The van der Waals surface area contributed by atoms with E-state index < -0.39 is 9.84 Å². The molecule has 1 unspecified atom stereocenters. The molecule has 3 nitrogen and oxygen atoms in total. The van der Waals surface area contributed by atoms with Gasteiger partial charge in [0.1, 0.15) is 0 Å². The molecule has 0 aliphatic heterocycles. The summed E-state index contributed by atoms with van der Waals surface area (Å²) in [5.41, 5.74) is 1.13. The second kappa shape index (κ2) is 4.97. The molecule has 0 aromatic heterocycles. The molecule has 0 spiro atoms. The molecule has 1 aromatic rings. The molecule has 0 radical (unpaired) electrons. The predicted molar refractivity (Wildman–Crippen MR) is 66.3 cm³/mol. The topological polar surface area (TPSA) is 37.4 Å². The minimum absolute atomic E-state index is 0.148. The zero-order valence-electron chi connectivity index (χ0n) is 10.3. The molecule has 0 amide bonds. The first kappa shape index (κ1) is 13.2. The van der Waals surface area contributed by atoms with Crippen LogP contribution in [0.5, 0.6) is 0 Å². The van der Waals surface area contributed by atoms with Gasteiger partial charge in [-0.3, -0.25) is 0 Å². The van der Waals surface area contributed by atoms with E-state index in [1.165, 1.54) is 0 Å². The molecule has 1 atom stereocenters. The Hall–Kier alpha value is -0.870. The standard InChI is InChI=1S/C12H19NO2S/c1-5-16(14,15)12-8-6-11(7-9-12)10(2)13(3)4/h6-10H,5H2,1-4H3. The van der Waals surface area contributed by atoms with Gasteiger partial charge in [-0.2, -0.15) is 0 Å². The Labute approximate surface area is 98.0 Å². The van der Waals surface area contributed by atoms with Gasteiger partial charge in [-0.1, -0.05) is 19.1 Å². The highest BCUT2D eigenvalue weighted by Gasteiger charge is 2.12.